The van der Waals surface area contributed by atoms with Crippen LogP contribution in [0.5, 0.6) is 0 Å². The average Bonchev–Trinajstić information content (AvgIpc) is 2.39. The van der Waals surface area contributed by atoms with Crippen LogP contribution in [0.1, 0.15) is 51.9 Å². The van der Waals surface area contributed by atoms with Crippen LogP contribution in [0.4, 0.5) is 0 Å². The first kappa shape index (κ1) is 12.0. The Hall–Kier alpha value is -1.02. The molecule has 0 saturated carbocycles. The van der Waals surface area contributed by atoms with Crippen molar-refractivity contribution >= 4 is 0 Å². The van der Waals surface area contributed by atoms with Gasteiger partial charge in [-0.25, -0.2) is 0 Å². The average molecular weight is 244 g/mol. The third-order valence-electron chi connectivity index (χ3n) is 4.50. The van der Waals surface area contributed by atoms with E-state index in [2.05, 4.69) is 24.1 Å². The Bertz CT molecular complexity index is 428. The summed E-state index contributed by atoms with van der Waals surface area (Å²) in [6.07, 6.45) is 8.94. The molecule has 2 nitrogen and oxygen atoms in total. The van der Waals surface area contributed by atoms with Crippen LogP contribution in [-0.4, -0.2) is 12.6 Å². The lowest BCUT2D eigenvalue weighted by molar-refractivity contribution is 0.481. The fourth-order valence-corrected chi connectivity index (χ4v) is 3.74. The van der Waals surface area contributed by atoms with Crippen LogP contribution < -0.4 is 10.6 Å². The number of nitrogens with one attached hydrogen (secondary N) is 2. The van der Waals surface area contributed by atoms with Crippen molar-refractivity contribution in [3.8, 4) is 0 Å². The zero-order valence-corrected chi connectivity index (χ0v) is 11.4. The molecule has 0 saturated heterocycles. The summed E-state index contributed by atoms with van der Waals surface area (Å²) in [6.45, 7) is 7.51. The Morgan fingerprint density at radius 2 is 1.94 bits per heavy atom. The molecule has 2 heteroatoms. The number of fused-ring (bicyclic) bond motifs is 1. The molecule has 2 aliphatic carbocycles. The number of likely N-dealkylation sites (N-methyl/N-ethyl adjacent to an activating group) is 1. The monoisotopic (exact) mass is 244 g/mol. The van der Waals surface area contributed by atoms with Gasteiger partial charge in [-0.15, -0.1) is 0 Å². The van der Waals surface area contributed by atoms with Crippen LogP contribution in [0.3, 0.4) is 0 Å². The summed E-state index contributed by atoms with van der Waals surface area (Å²) in [6, 6.07) is 0.572. The number of dihydropyridines is 1. The van der Waals surface area contributed by atoms with Gasteiger partial charge in [0.25, 0.3) is 0 Å². The maximum atomic E-state index is 4.24. The topological polar surface area (TPSA) is 24.1 Å². The summed E-state index contributed by atoms with van der Waals surface area (Å²) in [5, 5.41) is 7.26. The first-order valence-corrected chi connectivity index (χ1v) is 7.46. The van der Waals surface area contributed by atoms with E-state index in [0.29, 0.717) is 6.04 Å². The Balaban J connectivity index is 2.02. The second-order valence-corrected chi connectivity index (χ2v) is 5.66. The molecule has 2 N–H and O–H groups in total. The van der Waals surface area contributed by atoms with Crippen molar-refractivity contribution in [1.29, 1.82) is 0 Å². The van der Waals surface area contributed by atoms with Gasteiger partial charge in [0.05, 0.1) is 0 Å². The Kier molecular flexibility index (Phi) is 3.29. The fraction of sp³-hybridized carbons (Fsp3) is 0.625. The smallest absolute Gasteiger partial charge is 0.0344 e. The minimum atomic E-state index is 0.572. The minimum absolute atomic E-state index is 0.572. The number of hydrogen-bond donors (Lipinski definition) is 2. The molecule has 0 fully saturated rings. The standard InChI is InChI=1S/C16H24N2/c1-3-17-14-9-6-10-15-16(14)13-8-5-4-7-12(13)11(2)18-15/h14,17-18H,2-10H2,1H3. The molecule has 1 aliphatic heterocycles. The Morgan fingerprint density at radius 3 is 2.72 bits per heavy atom. The second kappa shape index (κ2) is 4.93. The summed E-state index contributed by atoms with van der Waals surface area (Å²) in [4.78, 5) is 0. The van der Waals surface area contributed by atoms with Gasteiger partial charge in [-0.05, 0) is 68.2 Å². The van der Waals surface area contributed by atoms with E-state index in [4.69, 9.17) is 0 Å². The van der Waals surface area contributed by atoms with Crippen LogP contribution in [0.25, 0.3) is 0 Å². The Labute approximate surface area is 110 Å². The predicted octanol–water partition coefficient (Wildman–Crippen LogP) is 3.39. The zero-order chi connectivity index (χ0) is 12.5. The first-order valence-electron chi connectivity index (χ1n) is 7.46. The summed E-state index contributed by atoms with van der Waals surface area (Å²) < 4.78 is 0. The van der Waals surface area contributed by atoms with Crippen LogP contribution in [0, 0.1) is 0 Å². The van der Waals surface area contributed by atoms with Crippen molar-refractivity contribution in [1.82, 2.24) is 10.6 Å². The molecular weight excluding hydrogens is 220 g/mol. The van der Waals surface area contributed by atoms with Gasteiger partial charge in [-0.2, -0.15) is 0 Å². The minimum Gasteiger partial charge on any atom is -0.359 e. The van der Waals surface area contributed by atoms with Gasteiger partial charge in [-0.1, -0.05) is 13.5 Å². The van der Waals surface area contributed by atoms with Crippen LogP contribution in [-0.2, 0) is 0 Å². The third kappa shape index (κ3) is 1.93. The lowest BCUT2D eigenvalue weighted by atomic mass is 9.76. The molecule has 0 radical (unpaired) electrons. The van der Waals surface area contributed by atoms with Crippen LogP contribution >= 0.6 is 0 Å². The molecule has 0 aromatic rings. The van der Waals surface area contributed by atoms with Crippen molar-refractivity contribution in [2.24, 2.45) is 0 Å². The molecule has 0 spiro atoms. The van der Waals surface area contributed by atoms with E-state index < -0.39 is 0 Å². The van der Waals surface area contributed by atoms with E-state index in [9.17, 15) is 0 Å². The molecule has 3 rings (SSSR count). The molecule has 1 unspecified atom stereocenters. The highest BCUT2D eigenvalue weighted by Gasteiger charge is 2.32. The molecular formula is C16H24N2. The highest BCUT2D eigenvalue weighted by molar-refractivity contribution is 5.54. The van der Waals surface area contributed by atoms with Crippen molar-refractivity contribution in [2.45, 2.75) is 57.9 Å². The number of hydrogen-bond acceptors (Lipinski definition) is 2. The van der Waals surface area contributed by atoms with Gasteiger partial charge in [0.1, 0.15) is 0 Å². The molecule has 3 aliphatic rings. The van der Waals surface area contributed by atoms with Gasteiger partial charge >= 0.3 is 0 Å². The molecule has 0 aromatic carbocycles. The van der Waals surface area contributed by atoms with Crippen molar-refractivity contribution in [3.05, 3.63) is 34.7 Å². The SMILES string of the molecule is C=C1NC2=C(C3=C1CCCC3)C(NCC)CCC2. The van der Waals surface area contributed by atoms with E-state index in [1.807, 2.05) is 0 Å². The molecule has 18 heavy (non-hydrogen) atoms. The zero-order valence-electron chi connectivity index (χ0n) is 11.4. The van der Waals surface area contributed by atoms with E-state index in [-0.39, 0.29) is 0 Å². The summed E-state index contributed by atoms with van der Waals surface area (Å²) in [5.41, 5.74) is 7.39. The van der Waals surface area contributed by atoms with Crippen LogP contribution in [0.15, 0.2) is 34.7 Å². The molecule has 98 valence electrons. The maximum absolute atomic E-state index is 4.24. The van der Waals surface area contributed by atoms with Crippen molar-refractivity contribution in [3.63, 3.8) is 0 Å². The van der Waals surface area contributed by atoms with Gasteiger partial charge < -0.3 is 10.6 Å². The lowest BCUT2D eigenvalue weighted by Gasteiger charge is -2.38. The van der Waals surface area contributed by atoms with E-state index in [0.717, 1.165) is 6.54 Å². The second-order valence-electron chi connectivity index (χ2n) is 5.66. The number of rotatable bonds is 2. The maximum Gasteiger partial charge on any atom is 0.0344 e. The van der Waals surface area contributed by atoms with E-state index in [1.165, 1.54) is 61.9 Å². The van der Waals surface area contributed by atoms with E-state index >= 15 is 0 Å². The normalized spacial score (nSPS) is 27.8. The third-order valence-corrected chi connectivity index (χ3v) is 4.50. The summed E-state index contributed by atoms with van der Waals surface area (Å²) in [7, 11) is 0. The van der Waals surface area contributed by atoms with Crippen LogP contribution in [0.2, 0.25) is 0 Å². The summed E-state index contributed by atoms with van der Waals surface area (Å²) >= 11 is 0. The van der Waals surface area contributed by atoms with Crippen molar-refractivity contribution < 1.29 is 0 Å². The highest BCUT2D eigenvalue weighted by atomic mass is 15.0. The van der Waals surface area contributed by atoms with Gasteiger partial charge in [-0.3, -0.25) is 0 Å². The largest absolute Gasteiger partial charge is 0.359 e. The quantitative estimate of drug-likeness (QED) is 0.778. The van der Waals surface area contributed by atoms with E-state index in [1.54, 1.807) is 11.1 Å². The number of allylic oxidation sites excluding steroid dienone is 2. The Morgan fingerprint density at radius 1 is 1.17 bits per heavy atom. The van der Waals surface area contributed by atoms with Gasteiger partial charge in [0.15, 0.2) is 0 Å². The first-order chi connectivity index (χ1) is 8.81. The van der Waals surface area contributed by atoms with Gasteiger partial charge in [0, 0.05) is 17.4 Å². The van der Waals surface area contributed by atoms with Crippen molar-refractivity contribution in [2.75, 3.05) is 6.54 Å². The van der Waals surface area contributed by atoms with Gasteiger partial charge in [0.2, 0.25) is 0 Å². The molecule has 0 aromatic heterocycles. The fourth-order valence-electron chi connectivity index (χ4n) is 3.74. The molecule has 0 amide bonds. The lowest BCUT2D eigenvalue weighted by Crippen LogP contribution is -2.39. The molecule has 1 heterocycles. The highest BCUT2D eigenvalue weighted by Crippen LogP contribution is 2.42. The molecule has 0 bridgehead atoms. The molecule has 1 atom stereocenters. The summed E-state index contributed by atoms with van der Waals surface area (Å²) in [5.74, 6) is 0. The predicted molar refractivity (Wildman–Crippen MR) is 76.1 cm³/mol.